The predicted molar refractivity (Wildman–Crippen MR) is 92.6 cm³/mol. The zero-order valence-electron chi connectivity index (χ0n) is 14.6. The van der Waals surface area contributed by atoms with Crippen LogP contribution in [0.4, 0.5) is 0 Å². The summed E-state index contributed by atoms with van der Waals surface area (Å²) in [5.41, 5.74) is 0.376. The summed E-state index contributed by atoms with van der Waals surface area (Å²) in [5, 5.41) is 2.97. The topological polar surface area (TPSA) is 66.5 Å². The summed E-state index contributed by atoms with van der Waals surface area (Å²) >= 11 is 0. The van der Waals surface area contributed by atoms with Crippen LogP contribution in [-0.4, -0.2) is 41.6 Å². The van der Waals surface area contributed by atoms with E-state index < -0.39 is 6.04 Å². The molecule has 2 amide bonds. The smallest absolute Gasteiger partial charge is 0.254 e. The number of nitrogens with one attached hydrogen (secondary N) is 1. The Balaban J connectivity index is 2.10. The van der Waals surface area contributed by atoms with Gasteiger partial charge in [-0.15, -0.1) is 0 Å². The molecule has 1 aromatic carbocycles. The first-order valence-corrected chi connectivity index (χ1v) is 8.44. The van der Waals surface area contributed by atoms with Gasteiger partial charge in [0.1, 0.15) is 12.3 Å². The number of nitrogens with zero attached hydrogens (tertiary/aromatic N) is 1. The van der Waals surface area contributed by atoms with Crippen molar-refractivity contribution in [1.29, 1.82) is 0 Å². The van der Waals surface area contributed by atoms with Crippen molar-refractivity contribution in [3.05, 3.63) is 35.9 Å². The first kappa shape index (κ1) is 18.2. The number of aldehydes is 1. The van der Waals surface area contributed by atoms with Crippen LogP contribution in [0.3, 0.4) is 0 Å². The van der Waals surface area contributed by atoms with Crippen LogP contribution >= 0.6 is 0 Å². The summed E-state index contributed by atoms with van der Waals surface area (Å²) in [4.78, 5) is 37.9. The number of amides is 2. The lowest BCUT2D eigenvalue weighted by Gasteiger charge is -2.32. The molecule has 24 heavy (non-hydrogen) atoms. The van der Waals surface area contributed by atoms with Gasteiger partial charge in [0.15, 0.2) is 0 Å². The molecule has 1 heterocycles. The van der Waals surface area contributed by atoms with E-state index in [9.17, 15) is 14.4 Å². The molecule has 2 atom stereocenters. The Hall–Kier alpha value is -2.17. The quantitative estimate of drug-likeness (QED) is 0.843. The van der Waals surface area contributed by atoms with Gasteiger partial charge in [-0.2, -0.15) is 0 Å². The normalized spacial score (nSPS) is 19.0. The molecule has 1 N–H and O–H groups in total. The standard InChI is InChI=1S/C19H26N2O3/c1-19(2,3)16(11-13-22)20-17(23)15-10-7-12-21(15)18(24)14-8-5-4-6-9-14/h4-6,8-9,13,15-16H,7,10-12H2,1-3H3,(H,20,23)/t15-,16+/m0/s1. The van der Waals surface area contributed by atoms with Gasteiger partial charge in [-0.1, -0.05) is 39.0 Å². The highest BCUT2D eigenvalue weighted by molar-refractivity contribution is 5.98. The molecule has 1 fully saturated rings. The van der Waals surface area contributed by atoms with Gasteiger partial charge in [0.05, 0.1) is 0 Å². The summed E-state index contributed by atoms with van der Waals surface area (Å²) in [6.45, 7) is 6.55. The van der Waals surface area contributed by atoms with Gasteiger partial charge in [-0.25, -0.2) is 0 Å². The lowest BCUT2D eigenvalue weighted by molar-refractivity contribution is -0.126. The molecule has 0 aliphatic carbocycles. The molecule has 130 valence electrons. The van der Waals surface area contributed by atoms with Crippen molar-refractivity contribution in [2.45, 2.75) is 52.1 Å². The lowest BCUT2D eigenvalue weighted by Crippen LogP contribution is -2.52. The molecule has 1 aliphatic rings. The highest BCUT2D eigenvalue weighted by Gasteiger charge is 2.36. The van der Waals surface area contributed by atoms with E-state index in [1.807, 2.05) is 39.0 Å². The molecule has 1 aromatic rings. The maximum Gasteiger partial charge on any atom is 0.254 e. The Morgan fingerprint density at radius 3 is 2.54 bits per heavy atom. The van der Waals surface area contributed by atoms with Crippen molar-refractivity contribution >= 4 is 18.1 Å². The molecule has 0 aromatic heterocycles. The number of hydrogen-bond donors (Lipinski definition) is 1. The van der Waals surface area contributed by atoms with Crippen LogP contribution in [0.1, 0.15) is 50.4 Å². The fourth-order valence-electron chi connectivity index (χ4n) is 3.02. The highest BCUT2D eigenvalue weighted by Crippen LogP contribution is 2.24. The molecular weight excluding hydrogens is 304 g/mol. The zero-order chi connectivity index (χ0) is 17.7. The largest absolute Gasteiger partial charge is 0.351 e. The van der Waals surface area contributed by atoms with E-state index in [1.54, 1.807) is 17.0 Å². The molecule has 0 bridgehead atoms. The average molecular weight is 330 g/mol. The number of rotatable bonds is 5. The molecule has 1 aliphatic heterocycles. The first-order chi connectivity index (χ1) is 11.3. The minimum atomic E-state index is -0.464. The van der Waals surface area contributed by atoms with Gasteiger partial charge >= 0.3 is 0 Å². The summed E-state index contributed by atoms with van der Waals surface area (Å²) in [6, 6.07) is 8.32. The first-order valence-electron chi connectivity index (χ1n) is 8.44. The third-order valence-electron chi connectivity index (χ3n) is 4.53. The Bertz CT molecular complexity index is 592. The van der Waals surface area contributed by atoms with Gasteiger partial charge in [0.25, 0.3) is 5.91 Å². The number of carbonyl (C=O) groups excluding carboxylic acids is 3. The van der Waals surface area contributed by atoms with Crippen molar-refractivity contribution in [2.75, 3.05) is 6.54 Å². The van der Waals surface area contributed by atoms with E-state index in [2.05, 4.69) is 5.32 Å². The van der Waals surface area contributed by atoms with Crippen molar-refractivity contribution in [2.24, 2.45) is 5.41 Å². The lowest BCUT2D eigenvalue weighted by atomic mass is 9.85. The highest BCUT2D eigenvalue weighted by atomic mass is 16.2. The molecule has 0 radical (unpaired) electrons. The average Bonchev–Trinajstić information content (AvgIpc) is 3.03. The van der Waals surface area contributed by atoms with E-state index >= 15 is 0 Å². The molecule has 5 nitrogen and oxygen atoms in total. The molecule has 0 saturated carbocycles. The number of likely N-dealkylation sites (tertiary alicyclic amines) is 1. The van der Waals surface area contributed by atoms with Crippen molar-refractivity contribution in [3.8, 4) is 0 Å². The monoisotopic (exact) mass is 330 g/mol. The van der Waals surface area contributed by atoms with Gasteiger partial charge in [-0.05, 0) is 30.4 Å². The van der Waals surface area contributed by atoms with Crippen LogP contribution in [0.15, 0.2) is 30.3 Å². The van der Waals surface area contributed by atoms with Gasteiger partial charge < -0.3 is 15.0 Å². The summed E-state index contributed by atoms with van der Waals surface area (Å²) in [6.07, 6.45) is 2.57. The van der Waals surface area contributed by atoms with Gasteiger partial charge in [0.2, 0.25) is 5.91 Å². The Labute approximate surface area is 143 Å². The van der Waals surface area contributed by atoms with E-state index in [-0.39, 0.29) is 29.7 Å². The molecule has 5 heteroatoms. The second kappa shape index (κ2) is 7.60. The zero-order valence-corrected chi connectivity index (χ0v) is 14.6. The number of benzene rings is 1. The molecule has 0 spiro atoms. The Kier molecular flexibility index (Phi) is 5.75. The molecule has 0 unspecified atom stereocenters. The molecule has 1 saturated heterocycles. The molecule has 2 rings (SSSR count). The fraction of sp³-hybridized carbons (Fsp3) is 0.526. The summed E-state index contributed by atoms with van der Waals surface area (Å²) in [7, 11) is 0. The Morgan fingerprint density at radius 1 is 1.29 bits per heavy atom. The van der Waals surface area contributed by atoms with E-state index in [0.29, 0.717) is 18.5 Å². The van der Waals surface area contributed by atoms with Crippen LogP contribution < -0.4 is 5.32 Å². The van der Waals surface area contributed by atoms with Crippen LogP contribution in [0.5, 0.6) is 0 Å². The van der Waals surface area contributed by atoms with Gasteiger partial charge in [-0.3, -0.25) is 9.59 Å². The van der Waals surface area contributed by atoms with Crippen LogP contribution in [0.25, 0.3) is 0 Å². The summed E-state index contributed by atoms with van der Waals surface area (Å²) in [5.74, 6) is -0.283. The van der Waals surface area contributed by atoms with Crippen molar-refractivity contribution in [1.82, 2.24) is 10.2 Å². The predicted octanol–water partition coefficient (Wildman–Crippen LogP) is 2.41. The van der Waals surface area contributed by atoms with E-state index in [0.717, 1.165) is 12.7 Å². The van der Waals surface area contributed by atoms with Crippen molar-refractivity contribution in [3.63, 3.8) is 0 Å². The minimum absolute atomic E-state index is 0.115. The van der Waals surface area contributed by atoms with Crippen LogP contribution in [0, 0.1) is 5.41 Å². The number of hydrogen-bond acceptors (Lipinski definition) is 3. The maximum absolute atomic E-state index is 12.7. The second-order valence-electron chi connectivity index (χ2n) is 7.35. The second-order valence-corrected chi connectivity index (χ2v) is 7.35. The fourth-order valence-corrected chi connectivity index (χ4v) is 3.02. The Morgan fingerprint density at radius 2 is 1.96 bits per heavy atom. The van der Waals surface area contributed by atoms with Gasteiger partial charge in [0, 0.05) is 24.6 Å². The van der Waals surface area contributed by atoms with Crippen LogP contribution in [-0.2, 0) is 9.59 Å². The number of carbonyl (C=O) groups is 3. The SMILES string of the molecule is CC(C)(C)[C@@H](CC=O)NC(=O)[C@@H]1CCCN1C(=O)c1ccccc1. The van der Waals surface area contributed by atoms with Crippen LogP contribution in [0.2, 0.25) is 0 Å². The minimum Gasteiger partial charge on any atom is -0.351 e. The van der Waals surface area contributed by atoms with Crippen molar-refractivity contribution < 1.29 is 14.4 Å². The summed E-state index contributed by atoms with van der Waals surface area (Å²) < 4.78 is 0. The van der Waals surface area contributed by atoms with E-state index in [4.69, 9.17) is 0 Å². The van der Waals surface area contributed by atoms with E-state index in [1.165, 1.54) is 0 Å². The third kappa shape index (κ3) is 4.22. The maximum atomic E-state index is 12.7. The third-order valence-corrected chi connectivity index (χ3v) is 4.53. The molecular formula is C19H26N2O3.